The Hall–Kier alpha value is -1.79. The first-order valence-electron chi connectivity index (χ1n) is 5.64. The topological polar surface area (TPSA) is 59.3 Å². The molecule has 0 fully saturated rings. The van der Waals surface area contributed by atoms with Crippen molar-refractivity contribution in [3.63, 3.8) is 0 Å². The summed E-state index contributed by atoms with van der Waals surface area (Å²) in [7, 11) is 1.60. The second kappa shape index (κ2) is 5.90. The number of benzene rings is 1. The number of nitrogens with one attached hydrogen (secondary N) is 2. The van der Waals surface area contributed by atoms with E-state index in [0.29, 0.717) is 10.8 Å². The minimum Gasteiger partial charge on any atom is -0.497 e. The molecule has 0 atom stereocenters. The second-order valence-corrected chi connectivity index (χ2v) is 5.15. The molecule has 1 aromatic carbocycles. The predicted molar refractivity (Wildman–Crippen MR) is 86.3 cm³/mol. The molecule has 6 heteroatoms. The molecule has 0 saturated carbocycles. The Morgan fingerprint density at radius 2 is 2.00 bits per heavy atom. The second-order valence-electron chi connectivity index (χ2n) is 4.00. The molecule has 0 amide bonds. The lowest BCUT2D eigenvalue weighted by atomic mass is 10.2. The van der Waals surface area contributed by atoms with Gasteiger partial charge in [0, 0.05) is 11.4 Å². The molecule has 0 spiro atoms. The molecule has 2 aromatic rings. The number of aryl methyl sites for hydroxylation is 1. The number of nitrogen functional groups attached to an aromatic ring is 1. The van der Waals surface area contributed by atoms with Gasteiger partial charge in [-0.1, -0.05) is 0 Å². The van der Waals surface area contributed by atoms with Gasteiger partial charge in [-0.3, -0.25) is 0 Å². The van der Waals surface area contributed by atoms with E-state index in [-0.39, 0.29) is 0 Å². The third-order valence-corrected chi connectivity index (χ3v) is 3.68. The molecule has 4 N–H and O–H groups in total. The summed E-state index contributed by atoms with van der Waals surface area (Å²) in [5.41, 5.74) is 9.44. The highest BCUT2D eigenvalue weighted by Crippen LogP contribution is 2.25. The van der Waals surface area contributed by atoms with Crippen molar-refractivity contribution in [3.05, 3.63) is 34.5 Å². The number of methoxy groups -OCH3 is 1. The molecule has 0 radical (unpaired) electrons. The summed E-state index contributed by atoms with van der Waals surface area (Å²) in [6, 6.07) is 5.42. The lowest BCUT2D eigenvalue weighted by molar-refractivity contribution is 0.415. The molecule has 0 aliphatic carbocycles. The summed E-state index contributed by atoms with van der Waals surface area (Å²) in [6.07, 6.45) is 0. The van der Waals surface area contributed by atoms with Crippen molar-refractivity contribution >= 4 is 45.7 Å². The van der Waals surface area contributed by atoms with Crippen LogP contribution in [0.15, 0.2) is 29.0 Å². The van der Waals surface area contributed by atoms with Gasteiger partial charge in [0.05, 0.1) is 24.2 Å². The van der Waals surface area contributed by atoms with Gasteiger partial charge in [-0.25, -0.2) is 0 Å². The van der Waals surface area contributed by atoms with Gasteiger partial charge in [0.1, 0.15) is 5.75 Å². The number of rotatable bonds is 3. The number of hydrogen-bond donors (Lipinski definition) is 3. The zero-order valence-electron chi connectivity index (χ0n) is 10.7. The van der Waals surface area contributed by atoms with Gasteiger partial charge >= 0.3 is 0 Å². The fourth-order valence-corrected chi connectivity index (χ4v) is 2.55. The fourth-order valence-electron chi connectivity index (χ4n) is 1.55. The summed E-state index contributed by atoms with van der Waals surface area (Å²) in [5, 5.41) is 10.8. The van der Waals surface area contributed by atoms with Crippen LogP contribution in [0.25, 0.3) is 0 Å². The molecule has 0 saturated heterocycles. The zero-order chi connectivity index (χ0) is 13.8. The summed E-state index contributed by atoms with van der Waals surface area (Å²) in [6.45, 7) is 2.03. The van der Waals surface area contributed by atoms with E-state index in [4.69, 9.17) is 22.7 Å². The highest BCUT2D eigenvalue weighted by Gasteiger charge is 2.05. The number of ether oxygens (including phenoxy) is 1. The van der Waals surface area contributed by atoms with Crippen LogP contribution < -0.4 is 21.1 Å². The van der Waals surface area contributed by atoms with Crippen molar-refractivity contribution in [3.8, 4) is 5.75 Å². The van der Waals surface area contributed by atoms with Crippen LogP contribution in [-0.2, 0) is 0 Å². The largest absolute Gasteiger partial charge is 0.497 e. The molecule has 1 heterocycles. The summed E-state index contributed by atoms with van der Waals surface area (Å²) >= 11 is 6.89. The van der Waals surface area contributed by atoms with Crippen LogP contribution in [0.4, 0.5) is 17.1 Å². The summed E-state index contributed by atoms with van der Waals surface area (Å²) in [5.74, 6) is 0.718. The van der Waals surface area contributed by atoms with Gasteiger partial charge in [-0.2, -0.15) is 0 Å². The highest BCUT2D eigenvalue weighted by atomic mass is 32.1. The summed E-state index contributed by atoms with van der Waals surface area (Å²) in [4.78, 5) is 0. The Balaban J connectivity index is 2.05. The van der Waals surface area contributed by atoms with Crippen molar-refractivity contribution in [1.29, 1.82) is 0 Å². The van der Waals surface area contributed by atoms with Crippen LogP contribution in [0.2, 0.25) is 0 Å². The maximum atomic E-state index is 5.92. The van der Waals surface area contributed by atoms with Crippen molar-refractivity contribution in [2.24, 2.45) is 0 Å². The van der Waals surface area contributed by atoms with E-state index in [1.54, 1.807) is 24.5 Å². The average Bonchev–Trinajstić information content (AvgIpc) is 2.77. The Morgan fingerprint density at radius 3 is 2.58 bits per heavy atom. The maximum absolute atomic E-state index is 5.92. The molecule has 19 heavy (non-hydrogen) atoms. The Bertz CT molecular complexity index is 595. The third-order valence-electron chi connectivity index (χ3n) is 2.61. The molecule has 0 unspecified atom stereocenters. The Labute approximate surface area is 121 Å². The van der Waals surface area contributed by atoms with Crippen LogP contribution in [0.5, 0.6) is 5.75 Å². The zero-order valence-corrected chi connectivity index (χ0v) is 12.3. The Kier molecular flexibility index (Phi) is 4.24. The normalized spacial score (nSPS) is 10.0. The number of thiocarbonyl (C=S) groups is 1. The third kappa shape index (κ3) is 3.36. The van der Waals surface area contributed by atoms with Crippen LogP contribution >= 0.6 is 23.6 Å². The molecular formula is C13H15N3OS2. The monoisotopic (exact) mass is 293 g/mol. The van der Waals surface area contributed by atoms with Crippen LogP contribution in [0.1, 0.15) is 5.56 Å². The molecule has 2 rings (SSSR count). The molecule has 0 aliphatic heterocycles. The van der Waals surface area contributed by atoms with Gasteiger partial charge in [0.15, 0.2) is 5.11 Å². The van der Waals surface area contributed by atoms with Crippen LogP contribution in [-0.4, -0.2) is 12.2 Å². The lowest BCUT2D eigenvalue weighted by Gasteiger charge is -2.12. The molecule has 4 nitrogen and oxygen atoms in total. The molecule has 0 bridgehead atoms. The van der Waals surface area contributed by atoms with E-state index >= 15 is 0 Å². The maximum Gasteiger partial charge on any atom is 0.175 e. The first kappa shape index (κ1) is 13.6. The number of anilines is 3. The van der Waals surface area contributed by atoms with Gasteiger partial charge in [-0.05, 0) is 42.2 Å². The predicted octanol–water partition coefficient (Wildman–Crippen LogP) is 3.46. The minimum absolute atomic E-state index is 0.512. The standard InChI is InChI=1S/C13H15N3OS2/c1-8-6-19-7-12(8)16-13(18)15-11-4-3-9(17-2)5-10(11)14/h3-7H,14H2,1-2H3,(H2,15,16,18). The van der Waals surface area contributed by atoms with Crippen molar-refractivity contribution < 1.29 is 4.74 Å². The van der Waals surface area contributed by atoms with Crippen LogP contribution in [0, 0.1) is 6.92 Å². The molecule has 0 aliphatic rings. The SMILES string of the molecule is COc1ccc(NC(=S)Nc2cscc2C)c(N)c1. The van der Waals surface area contributed by atoms with Gasteiger partial charge in [-0.15, -0.1) is 11.3 Å². The smallest absolute Gasteiger partial charge is 0.175 e. The molecule has 1 aromatic heterocycles. The van der Waals surface area contributed by atoms with Crippen molar-refractivity contribution in [1.82, 2.24) is 0 Å². The quantitative estimate of drug-likeness (QED) is 0.597. The van der Waals surface area contributed by atoms with E-state index in [9.17, 15) is 0 Å². The highest BCUT2D eigenvalue weighted by molar-refractivity contribution is 7.80. The first-order valence-corrected chi connectivity index (χ1v) is 6.99. The van der Waals surface area contributed by atoms with Crippen molar-refractivity contribution in [2.45, 2.75) is 6.92 Å². The van der Waals surface area contributed by atoms with Gasteiger partial charge in [0.2, 0.25) is 0 Å². The van der Waals surface area contributed by atoms with Crippen molar-refractivity contribution in [2.75, 3.05) is 23.5 Å². The molecule has 100 valence electrons. The van der Waals surface area contributed by atoms with Gasteiger partial charge < -0.3 is 21.1 Å². The number of nitrogens with two attached hydrogens (primary N) is 1. The van der Waals surface area contributed by atoms with E-state index in [0.717, 1.165) is 22.7 Å². The van der Waals surface area contributed by atoms with E-state index < -0.39 is 0 Å². The fraction of sp³-hybridized carbons (Fsp3) is 0.154. The number of hydrogen-bond acceptors (Lipinski definition) is 4. The minimum atomic E-state index is 0.512. The average molecular weight is 293 g/mol. The summed E-state index contributed by atoms with van der Waals surface area (Å²) < 4.78 is 5.10. The van der Waals surface area contributed by atoms with E-state index in [1.807, 2.05) is 24.4 Å². The molecular weight excluding hydrogens is 278 g/mol. The number of thiophene rings is 1. The lowest BCUT2D eigenvalue weighted by Crippen LogP contribution is -2.19. The van der Waals surface area contributed by atoms with Crippen LogP contribution in [0.3, 0.4) is 0 Å². The van der Waals surface area contributed by atoms with E-state index in [1.165, 1.54) is 0 Å². The van der Waals surface area contributed by atoms with E-state index in [2.05, 4.69) is 16.0 Å². The van der Waals surface area contributed by atoms with Gasteiger partial charge in [0.25, 0.3) is 0 Å². The Morgan fingerprint density at radius 1 is 1.26 bits per heavy atom. The first-order chi connectivity index (χ1) is 9.10.